The Morgan fingerprint density at radius 3 is 2.84 bits per heavy atom. The summed E-state index contributed by atoms with van der Waals surface area (Å²) in [4.78, 5) is 13.1. The van der Waals surface area contributed by atoms with Gasteiger partial charge in [0, 0.05) is 12.6 Å². The number of halogens is 3. The van der Waals surface area contributed by atoms with E-state index in [2.05, 4.69) is 15.5 Å². The molecule has 1 saturated heterocycles. The van der Waals surface area contributed by atoms with Crippen LogP contribution in [0.15, 0.2) is 36.5 Å². The van der Waals surface area contributed by atoms with Gasteiger partial charge in [-0.05, 0) is 30.7 Å². The highest BCUT2D eigenvalue weighted by atomic mass is 19.4. The van der Waals surface area contributed by atoms with Crippen molar-refractivity contribution in [3.05, 3.63) is 53.2 Å². The number of ether oxygens (including phenoxy) is 3. The zero-order chi connectivity index (χ0) is 22.9. The molecule has 7 nitrogen and oxygen atoms in total. The van der Waals surface area contributed by atoms with Gasteiger partial charge in [0.25, 0.3) is 5.91 Å². The Hall–Kier alpha value is -3.27. The number of alkyl halides is 3. The number of fused-ring (bicyclic) bond motifs is 1. The summed E-state index contributed by atoms with van der Waals surface area (Å²) in [6.45, 7) is 2.63. The van der Waals surface area contributed by atoms with Gasteiger partial charge in [-0.25, -0.2) is 0 Å². The van der Waals surface area contributed by atoms with Gasteiger partial charge >= 0.3 is 6.18 Å². The number of nitrogens with one attached hydrogen (secondary N) is 2. The first-order valence-electron chi connectivity index (χ1n) is 10.0. The van der Waals surface area contributed by atoms with E-state index in [9.17, 15) is 18.0 Å². The van der Waals surface area contributed by atoms with E-state index in [0.717, 1.165) is 12.1 Å². The van der Waals surface area contributed by atoms with E-state index >= 15 is 0 Å². The Balaban J connectivity index is 1.64. The van der Waals surface area contributed by atoms with Gasteiger partial charge in [-0.3, -0.25) is 9.89 Å². The number of aromatic nitrogens is 2. The number of nitrogens with zero attached hydrogens (tertiary/aromatic N) is 1. The molecule has 1 amide bonds. The first-order valence-corrected chi connectivity index (χ1v) is 10.0. The van der Waals surface area contributed by atoms with Crippen LogP contribution < -0.4 is 14.8 Å². The first-order chi connectivity index (χ1) is 15.3. The third-order valence-electron chi connectivity index (χ3n) is 5.33. The SMILES string of the molecule is COc1c(O[C@H]2CCOC2)cc(C(=O)N[C@H](C)c2cccc(C(F)(F)F)c2)c2n[nH]cc12. The van der Waals surface area contributed by atoms with E-state index in [4.69, 9.17) is 14.2 Å². The van der Waals surface area contributed by atoms with Crippen LogP contribution in [0.25, 0.3) is 10.9 Å². The van der Waals surface area contributed by atoms with Crippen molar-refractivity contribution in [1.29, 1.82) is 0 Å². The Kier molecular flexibility index (Phi) is 5.96. The molecule has 1 aliphatic rings. The largest absolute Gasteiger partial charge is 0.492 e. The summed E-state index contributed by atoms with van der Waals surface area (Å²) >= 11 is 0. The normalized spacial score (nSPS) is 17.3. The average molecular weight is 449 g/mol. The molecular formula is C22H22F3N3O4. The van der Waals surface area contributed by atoms with Crippen molar-refractivity contribution in [3.63, 3.8) is 0 Å². The number of hydrogen-bond acceptors (Lipinski definition) is 5. The van der Waals surface area contributed by atoms with Crippen LogP contribution >= 0.6 is 0 Å². The van der Waals surface area contributed by atoms with Gasteiger partial charge in [0.05, 0.1) is 42.9 Å². The van der Waals surface area contributed by atoms with Crippen molar-refractivity contribution in [2.75, 3.05) is 20.3 Å². The fraction of sp³-hybridized carbons (Fsp3) is 0.364. The van der Waals surface area contributed by atoms with Crippen molar-refractivity contribution < 1.29 is 32.2 Å². The van der Waals surface area contributed by atoms with Crippen LogP contribution in [0.4, 0.5) is 13.2 Å². The van der Waals surface area contributed by atoms with Crippen LogP contribution in [-0.4, -0.2) is 42.5 Å². The smallest absolute Gasteiger partial charge is 0.416 e. The Morgan fingerprint density at radius 2 is 2.16 bits per heavy atom. The van der Waals surface area contributed by atoms with E-state index < -0.39 is 23.7 Å². The molecule has 4 rings (SSSR count). The molecule has 0 aliphatic carbocycles. The van der Waals surface area contributed by atoms with E-state index in [1.165, 1.54) is 25.3 Å². The van der Waals surface area contributed by atoms with Crippen molar-refractivity contribution in [3.8, 4) is 11.5 Å². The fourth-order valence-corrected chi connectivity index (χ4v) is 3.66. The molecule has 0 radical (unpaired) electrons. The molecule has 0 bridgehead atoms. The second kappa shape index (κ2) is 8.70. The molecule has 3 aromatic rings. The maximum atomic E-state index is 13.1. The fourth-order valence-electron chi connectivity index (χ4n) is 3.66. The molecular weight excluding hydrogens is 427 g/mol. The summed E-state index contributed by atoms with van der Waals surface area (Å²) in [7, 11) is 1.50. The highest BCUT2D eigenvalue weighted by Crippen LogP contribution is 2.38. The monoisotopic (exact) mass is 449 g/mol. The van der Waals surface area contributed by atoms with Crippen LogP contribution in [0.1, 0.15) is 40.9 Å². The topological polar surface area (TPSA) is 85.5 Å². The highest BCUT2D eigenvalue weighted by molar-refractivity contribution is 6.08. The summed E-state index contributed by atoms with van der Waals surface area (Å²) in [5.41, 5.74) is 0.143. The van der Waals surface area contributed by atoms with Gasteiger partial charge in [0.1, 0.15) is 11.6 Å². The molecule has 2 heterocycles. The molecule has 2 aromatic carbocycles. The number of carbonyl (C=O) groups excluding carboxylic acids is 1. The highest BCUT2D eigenvalue weighted by Gasteiger charge is 2.31. The minimum Gasteiger partial charge on any atom is -0.492 e. The number of methoxy groups -OCH3 is 1. The minimum absolute atomic E-state index is 0.173. The summed E-state index contributed by atoms with van der Waals surface area (Å²) in [5, 5.41) is 10.2. The van der Waals surface area contributed by atoms with Gasteiger partial charge in [0.2, 0.25) is 0 Å². The summed E-state index contributed by atoms with van der Waals surface area (Å²) in [6, 6.07) is 5.73. The molecule has 0 unspecified atom stereocenters. The third-order valence-corrected chi connectivity index (χ3v) is 5.33. The maximum absolute atomic E-state index is 13.1. The Morgan fingerprint density at radius 1 is 1.34 bits per heavy atom. The van der Waals surface area contributed by atoms with Crippen molar-refractivity contribution in [2.45, 2.75) is 31.7 Å². The first kappa shape index (κ1) is 21.9. The molecule has 1 aromatic heterocycles. The van der Waals surface area contributed by atoms with Crippen LogP contribution in [0, 0.1) is 0 Å². The Labute approximate surface area is 181 Å². The summed E-state index contributed by atoms with van der Waals surface area (Å²) in [5.74, 6) is 0.305. The number of hydrogen-bond donors (Lipinski definition) is 2. The molecule has 2 N–H and O–H groups in total. The van der Waals surface area contributed by atoms with Crippen molar-refractivity contribution in [1.82, 2.24) is 15.5 Å². The second-order valence-corrected chi connectivity index (χ2v) is 7.52. The summed E-state index contributed by atoms with van der Waals surface area (Å²) in [6.07, 6.45) is -2.33. The van der Waals surface area contributed by atoms with Crippen molar-refractivity contribution >= 4 is 16.8 Å². The van der Waals surface area contributed by atoms with Gasteiger partial charge in [-0.2, -0.15) is 18.3 Å². The molecule has 2 atom stereocenters. The lowest BCUT2D eigenvalue weighted by atomic mass is 10.0. The molecule has 1 aliphatic heterocycles. The second-order valence-electron chi connectivity index (χ2n) is 7.52. The molecule has 32 heavy (non-hydrogen) atoms. The Bertz CT molecular complexity index is 1120. The lowest BCUT2D eigenvalue weighted by Gasteiger charge is -2.19. The maximum Gasteiger partial charge on any atom is 0.416 e. The van der Waals surface area contributed by atoms with Crippen LogP contribution in [-0.2, 0) is 10.9 Å². The van der Waals surface area contributed by atoms with Crippen LogP contribution in [0.2, 0.25) is 0 Å². The van der Waals surface area contributed by atoms with Gasteiger partial charge < -0.3 is 19.5 Å². The predicted molar refractivity (Wildman–Crippen MR) is 110 cm³/mol. The van der Waals surface area contributed by atoms with E-state index in [0.29, 0.717) is 47.6 Å². The molecule has 0 saturated carbocycles. The molecule has 1 fully saturated rings. The number of aromatic amines is 1. The lowest BCUT2D eigenvalue weighted by Crippen LogP contribution is -2.27. The van der Waals surface area contributed by atoms with Gasteiger partial charge in [0.15, 0.2) is 11.5 Å². The van der Waals surface area contributed by atoms with Gasteiger partial charge in [-0.15, -0.1) is 0 Å². The van der Waals surface area contributed by atoms with Crippen LogP contribution in [0.5, 0.6) is 11.5 Å². The van der Waals surface area contributed by atoms with Gasteiger partial charge in [-0.1, -0.05) is 12.1 Å². The zero-order valence-corrected chi connectivity index (χ0v) is 17.5. The number of H-pyrrole nitrogens is 1. The molecule has 170 valence electrons. The summed E-state index contributed by atoms with van der Waals surface area (Å²) < 4.78 is 56.0. The van der Waals surface area contributed by atoms with E-state index in [-0.39, 0.29) is 11.7 Å². The molecule has 0 spiro atoms. The quantitative estimate of drug-likeness (QED) is 0.588. The predicted octanol–water partition coefficient (Wildman–Crippen LogP) is 4.25. The molecule has 10 heteroatoms. The van der Waals surface area contributed by atoms with Crippen LogP contribution in [0.3, 0.4) is 0 Å². The van der Waals surface area contributed by atoms with E-state index in [1.54, 1.807) is 13.1 Å². The number of carbonyl (C=O) groups is 1. The van der Waals surface area contributed by atoms with E-state index in [1.807, 2.05) is 0 Å². The zero-order valence-electron chi connectivity index (χ0n) is 17.5. The number of amides is 1. The average Bonchev–Trinajstić information content (AvgIpc) is 3.44. The minimum atomic E-state index is -4.47. The third kappa shape index (κ3) is 4.36. The standard InChI is InChI=1S/C22H22F3N3O4/c1-12(13-4-3-5-14(8-13)22(23,24)25)27-21(29)16-9-18(32-15-6-7-31-11-15)20(30-2)17-10-26-28-19(16)17/h3-5,8-10,12,15H,6-7,11H2,1-2H3,(H,26,28)(H,27,29)/t12-,15+/m1/s1. The number of benzene rings is 2. The van der Waals surface area contributed by atoms with Crippen molar-refractivity contribution in [2.24, 2.45) is 0 Å². The lowest BCUT2D eigenvalue weighted by molar-refractivity contribution is -0.137. The number of rotatable bonds is 6.